The third-order valence-corrected chi connectivity index (χ3v) is 10.2. The van der Waals surface area contributed by atoms with Crippen LogP contribution in [0.4, 0.5) is 5.69 Å². The van der Waals surface area contributed by atoms with E-state index in [2.05, 4.69) is 19.8 Å². The Labute approximate surface area is 290 Å². The van der Waals surface area contributed by atoms with Gasteiger partial charge in [0, 0.05) is 73.4 Å². The van der Waals surface area contributed by atoms with Crippen molar-refractivity contribution in [2.45, 2.75) is 63.6 Å². The number of hydrogen-bond donors (Lipinski definition) is 1. The van der Waals surface area contributed by atoms with Gasteiger partial charge in [0.15, 0.2) is 12.3 Å². The van der Waals surface area contributed by atoms with Gasteiger partial charge in [0.25, 0.3) is 5.56 Å². The van der Waals surface area contributed by atoms with Crippen molar-refractivity contribution in [3.05, 3.63) is 71.0 Å². The highest BCUT2D eigenvalue weighted by atomic mass is 31.2. The van der Waals surface area contributed by atoms with Gasteiger partial charge in [0.05, 0.1) is 36.9 Å². The number of ether oxygens (including phenoxy) is 2. The normalized spacial score (nSPS) is 26.2. The first-order valence-corrected chi connectivity index (χ1v) is 18.3. The topological polar surface area (TPSA) is 170 Å². The zero-order chi connectivity index (χ0) is 35.4. The molecule has 4 aromatic heterocycles. The van der Waals surface area contributed by atoms with Crippen LogP contribution in [-0.4, -0.2) is 97.9 Å². The number of nitrogens with zero attached hydrogens (tertiary/aromatic N) is 8. The number of fused-ring (bicyclic) bond motifs is 2. The van der Waals surface area contributed by atoms with Crippen LogP contribution in [0.25, 0.3) is 21.7 Å². The van der Waals surface area contributed by atoms with Crippen LogP contribution in [0.2, 0.25) is 0 Å². The van der Waals surface area contributed by atoms with E-state index in [1.807, 2.05) is 55.7 Å². The molecule has 0 radical (unpaired) electrons. The number of pyridine rings is 1. The minimum absolute atomic E-state index is 0.00934. The van der Waals surface area contributed by atoms with Crippen LogP contribution < -0.4 is 5.56 Å². The van der Waals surface area contributed by atoms with Crippen molar-refractivity contribution in [1.82, 2.24) is 28.4 Å². The number of imidazole rings is 1. The number of rotatable bonds is 15. The van der Waals surface area contributed by atoms with E-state index in [-0.39, 0.29) is 43.4 Å². The van der Waals surface area contributed by atoms with Crippen LogP contribution in [0.15, 0.2) is 59.0 Å². The van der Waals surface area contributed by atoms with E-state index in [1.54, 1.807) is 17.1 Å². The van der Waals surface area contributed by atoms with Crippen molar-refractivity contribution in [2.75, 3.05) is 33.9 Å². The molecule has 0 spiro atoms. The lowest BCUT2D eigenvalue weighted by atomic mass is 10.0. The van der Waals surface area contributed by atoms with Crippen LogP contribution in [0.3, 0.4) is 0 Å². The summed E-state index contributed by atoms with van der Waals surface area (Å²) in [6, 6.07) is 5.19. The van der Waals surface area contributed by atoms with E-state index in [4.69, 9.17) is 34.1 Å². The predicted octanol–water partition coefficient (Wildman–Crippen LogP) is 4.60. The number of hydrogen-bond acceptors (Lipinski definition) is 11. The molecule has 0 saturated carbocycles. The molecule has 6 rings (SSSR count). The smallest absolute Gasteiger partial charge is 0.369 e. The molecule has 2 unspecified atom stereocenters. The van der Waals surface area contributed by atoms with E-state index < -0.39 is 47.3 Å². The molecule has 2 saturated heterocycles. The van der Waals surface area contributed by atoms with E-state index >= 15 is 0 Å². The van der Waals surface area contributed by atoms with Gasteiger partial charge in [0.2, 0.25) is 12.3 Å². The van der Waals surface area contributed by atoms with Crippen LogP contribution in [0.1, 0.15) is 39.1 Å². The zero-order valence-corrected chi connectivity index (χ0v) is 29.7. The van der Waals surface area contributed by atoms with Gasteiger partial charge < -0.3 is 37.4 Å². The van der Waals surface area contributed by atoms with E-state index in [9.17, 15) is 14.3 Å². The van der Waals surface area contributed by atoms with Crippen molar-refractivity contribution in [3.63, 3.8) is 0 Å². The van der Waals surface area contributed by atoms with Crippen LogP contribution >= 0.6 is 16.9 Å². The Morgan fingerprint density at radius 2 is 1.98 bits per heavy atom. The maximum absolute atomic E-state index is 12.3. The number of aromatic nitrogens is 5. The summed E-state index contributed by atoms with van der Waals surface area (Å²) in [4.78, 5) is 40.7. The van der Waals surface area contributed by atoms with E-state index in [0.717, 1.165) is 16.7 Å². The molecule has 17 nitrogen and oxygen atoms in total. The van der Waals surface area contributed by atoms with Crippen LogP contribution in [-0.2, 0) is 32.1 Å². The Kier molecular flexibility index (Phi) is 11.6. The predicted molar refractivity (Wildman–Crippen MR) is 183 cm³/mol. The molecule has 2 aliphatic rings. The van der Waals surface area contributed by atoms with Gasteiger partial charge in [0.1, 0.15) is 18.5 Å². The second kappa shape index (κ2) is 16.1. The molecule has 2 fully saturated rings. The second-order valence-corrected chi connectivity index (χ2v) is 13.9. The van der Waals surface area contributed by atoms with Crippen LogP contribution in [0, 0.1) is 12.5 Å². The Morgan fingerprint density at radius 1 is 1.16 bits per heavy atom. The monoisotopic (exact) mass is 729 g/mol. The third-order valence-electron chi connectivity index (χ3n) is 8.53. The molecule has 266 valence electrons. The maximum Gasteiger partial charge on any atom is 0.695 e. The summed E-state index contributed by atoms with van der Waals surface area (Å²) in [5.41, 5.74) is 1.25. The summed E-state index contributed by atoms with van der Waals surface area (Å²) in [5, 5.41) is 0.896. The van der Waals surface area contributed by atoms with Gasteiger partial charge >= 0.3 is 16.9 Å². The summed E-state index contributed by atoms with van der Waals surface area (Å²) in [6.45, 7) is 11.2. The Balaban J connectivity index is 1.17. The van der Waals surface area contributed by atoms with E-state index in [0.29, 0.717) is 12.8 Å². The fourth-order valence-electron chi connectivity index (χ4n) is 6.08. The van der Waals surface area contributed by atoms with Gasteiger partial charge in [-0.15, -0.1) is 9.42 Å². The lowest BCUT2D eigenvalue weighted by Gasteiger charge is -2.24. The highest BCUT2D eigenvalue weighted by Crippen LogP contribution is 2.48. The molecule has 4 aromatic rings. The van der Waals surface area contributed by atoms with Crippen molar-refractivity contribution >= 4 is 45.7 Å². The van der Waals surface area contributed by atoms with Gasteiger partial charge in [-0.1, -0.05) is 13.8 Å². The SMILES string of the molecule is [C-]#[N+]CCOP(OC[C@H]1O[C@@H](n2ccc(=O)n3ccnc23)[C@H](O[P+](=O)O)[C@@H]1C)O[C@H]1C[C@H](n2ccc3c(N=CN(C)C)ccnc32)O[C@@H]1CC. The highest BCUT2D eigenvalue weighted by Gasteiger charge is 2.49. The molecule has 1 N–H and O–H groups in total. The molecule has 50 heavy (non-hydrogen) atoms. The molecule has 9 atom stereocenters. The summed E-state index contributed by atoms with van der Waals surface area (Å²) in [7, 11) is -1.12. The van der Waals surface area contributed by atoms with E-state index in [1.165, 1.54) is 29.1 Å². The highest BCUT2D eigenvalue weighted by molar-refractivity contribution is 7.41. The fourth-order valence-corrected chi connectivity index (χ4v) is 7.72. The Bertz CT molecular complexity index is 1930. The first kappa shape index (κ1) is 36.1. The summed E-state index contributed by atoms with van der Waals surface area (Å²) < 4.78 is 53.6. The molecular formula is C31H39N8O9P2+. The largest absolute Gasteiger partial charge is 0.695 e. The third kappa shape index (κ3) is 7.79. The molecule has 2 aliphatic heterocycles. The van der Waals surface area contributed by atoms with Crippen LogP contribution in [0.5, 0.6) is 0 Å². The minimum Gasteiger partial charge on any atom is -0.369 e. The second-order valence-electron chi connectivity index (χ2n) is 12.0. The van der Waals surface area contributed by atoms with Gasteiger partial charge in [-0.3, -0.25) is 13.8 Å². The molecule has 19 heteroatoms. The van der Waals surface area contributed by atoms with Crippen molar-refractivity contribution < 1.29 is 37.0 Å². The maximum atomic E-state index is 12.3. The molecule has 0 amide bonds. The molecule has 0 bridgehead atoms. The lowest BCUT2D eigenvalue weighted by molar-refractivity contribution is -0.0472. The Morgan fingerprint density at radius 3 is 2.74 bits per heavy atom. The first-order valence-electron chi connectivity index (χ1n) is 16.1. The average molecular weight is 730 g/mol. The van der Waals surface area contributed by atoms with Crippen molar-refractivity contribution in [3.8, 4) is 0 Å². The van der Waals surface area contributed by atoms with Crippen molar-refractivity contribution in [2.24, 2.45) is 10.9 Å². The molecule has 6 heterocycles. The quantitative estimate of drug-likeness (QED) is 0.0595. The van der Waals surface area contributed by atoms with Gasteiger partial charge in [-0.05, 0) is 18.6 Å². The van der Waals surface area contributed by atoms with Gasteiger partial charge in [-0.25, -0.2) is 21.5 Å². The zero-order valence-electron chi connectivity index (χ0n) is 28.0. The Hall–Kier alpha value is -3.68. The average Bonchev–Trinajstić information content (AvgIpc) is 3.89. The summed E-state index contributed by atoms with van der Waals surface area (Å²) >= 11 is 0. The molecule has 0 aromatic carbocycles. The fraction of sp³-hybridized carbons (Fsp3) is 0.516. The molecular weight excluding hydrogens is 690 g/mol. The van der Waals surface area contributed by atoms with Crippen molar-refractivity contribution in [1.29, 1.82) is 0 Å². The first-order chi connectivity index (χ1) is 24.2. The van der Waals surface area contributed by atoms with Gasteiger partial charge in [-0.2, -0.15) is 0 Å². The number of aliphatic imine (C=N–C) groups is 1. The standard InChI is InChI=1S/C31H38N8O9P2/c1-6-23-24(17-27(45-23)38-13-8-21-22(35-19-36(4)5)7-10-33-29(21)38)47-50(43-16-12-32-3)44-18-25-20(2)28(48-49(41)42)30(46-25)39-14-9-26(40)37-15-11-34-31(37)39/h7-11,13-15,19-20,23-25,27-28,30H,6,12,16-18H2,1-2,4-5H3/p+1/t20-,23-,24+,25-,27-,28-,30-,50?/m1/s1. The minimum atomic E-state index is -2.97. The molecule has 0 aliphatic carbocycles. The summed E-state index contributed by atoms with van der Waals surface area (Å²) in [5.74, 6) is -0.139. The lowest BCUT2D eigenvalue weighted by Crippen LogP contribution is -2.29. The summed E-state index contributed by atoms with van der Waals surface area (Å²) in [6.07, 6.45) is 7.67.